The van der Waals surface area contributed by atoms with Crippen LogP contribution in [-0.4, -0.2) is 17.8 Å². The minimum absolute atomic E-state index is 0.845. The Hall–Kier alpha value is 1.19. The Bertz CT molecular complexity index is 136. The monoisotopic (exact) mass is 219 g/mol. The Labute approximate surface area is 77.3 Å². The van der Waals surface area contributed by atoms with Gasteiger partial charge in [0.2, 0.25) is 0 Å². The SMILES string of the molecule is CCCN(CC)P(=S)(Cl)Cl. The molecule has 0 heterocycles. The number of hydrogen-bond acceptors (Lipinski definition) is 1. The first-order chi connectivity index (χ1) is 4.52. The molecular formula is C5H12Cl2NPS. The van der Waals surface area contributed by atoms with Crippen LogP contribution in [0, 0.1) is 0 Å². The molecular weight excluding hydrogens is 208 g/mol. The number of hydrogen-bond donors (Lipinski definition) is 0. The topological polar surface area (TPSA) is 3.24 Å². The highest BCUT2D eigenvalue weighted by atomic mass is 35.9. The van der Waals surface area contributed by atoms with Gasteiger partial charge in [-0.05, 0) is 18.2 Å². The molecule has 0 saturated heterocycles. The summed E-state index contributed by atoms with van der Waals surface area (Å²) >= 11 is 16.5. The van der Waals surface area contributed by atoms with E-state index in [0.717, 1.165) is 19.5 Å². The van der Waals surface area contributed by atoms with Crippen molar-refractivity contribution in [1.82, 2.24) is 4.67 Å². The zero-order chi connectivity index (χ0) is 8.20. The zero-order valence-electron chi connectivity index (χ0n) is 6.18. The van der Waals surface area contributed by atoms with Crippen molar-refractivity contribution in [2.45, 2.75) is 20.3 Å². The highest BCUT2D eigenvalue weighted by molar-refractivity contribution is 8.37. The Morgan fingerprint density at radius 3 is 2.00 bits per heavy atom. The van der Waals surface area contributed by atoms with Gasteiger partial charge in [-0.2, -0.15) is 0 Å². The smallest absolute Gasteiger partial charge is 0.183 e. The minimum Gasteiger partial charge on any atom is -0.252 e. The Morgan fingerprint density at radius 2 is 1.90 bits per heavy atom. The largest absolute Gasteiger partial charge is 0.252 e. The molecule has 0 aromatic carbocycles. The number of rotatable bonds is 4. The fourth-order valence-electron chi connectivity index (χ4n) is 0.697. The van der Waals surface area contributed by atoms with Gasteiger partial charge in [0.15, 0.2) is 4.89 Å². The lowest BCUT2D eigenvalue weighted by Gasteiger charge is -2.22. The van der Waals surface area contributed by atoms with Crippen molar-refractivity contribution in [1.29, 1.82) is 0 Å². The van der Waals surface area contributed by atoms with Crippen LogP contribution in [-0.2, 0) is 11.8 Å². The molecule has 0 amide bonds. The van der Waals surface area contributed by atoms with Crippen molar-refractivity contribution >= 4 is 39.2 Å². The van der Waals surface area contributed by atoms with E-state index in [4.69, 9.17) is 34.3 Å². The highest BCUT2D eigenvalue weighted by Gasteiger charge is 2.16. The Morgan fingerprint density at radius 1 is 1.40 bits per heavy atom. The van der Waals surface area contributed by atoms with Crippen LogP contribution < -0.4 is 0 Å². The molecule has 0 atom stereocenters. The molecule has 0 aliphatic rings. The van der Waals surface area contributed by atoms with Crippen LogP contribution in [0.1, 0.15) is 20.3 Å². The summed E-state index contributed by atoms with van der Waals surface area (Å²) in [5.41, 5.74) is 0. The first kappa shape index (κ1) is 11.2. The highest BCUT2D eigenvalue weighted by Crippen LogP contribution is 2.59. The zero-order valence-corrected chi connectivity index (χ0v) is 9.40. The third kappa shape index (κ3) is 4.15. The van der Waals surface area contributed by atoms with Crippen LogP contribution in [0.25, 0.3) is 0 Å². The van der Waals surface area contributed by atoms with Crippen molar-refractivity contribution in [3.05, 3.63) is 0 Å². The molecule has 0 bridgehead atoms. The molecule has 0 radical (unpaired) electrons. The van der Waals surface area contributed by atoms with Gasteiger partial charge in [-0.1, -0.05) is 36.3 Å². The van der Waals surface area contributed by atoms with Gasteiger partial charge in [-0.15, -0.1) is 0 Å². The van der Waals surface area contributed by atoms with E-state index in [1.165, 1.54) is 0 Å². The minimum atomic E-state index is -2.18. The fourth-order valence-corrected chi connectivity index (χ4v) is 3.15. The maximum Gasteiger partial charge on any atom is 0.183 e. The quantitative estimate of drug-likeness (QED) is 0.668. The summed E-state index contributed by atoms with van der Waals surface area (Å²) < 4.78 is 1.95. The van der Waals surface area contributed by atoms with Gasteiger partial charge >= 0.3 is 0 Å². The van der Waals surface area contributed by atoms with Crippen LogP contribution in [0.5, 0.6) is 0 Å². The molecule has 0 N–H and O–H groups in total. The van der Waals surface area contributed by atoms with Crippen LogP contribution in [0.3, 0.4) is 0 Å². The van der Waals surface area contributed by atoms with Crippen molar-refractivity contribution < 1.29 is 0 Å². The van der Waals surface area contributed by atoms with Gasteiger partial charge in [-0.25, -0.2) is 0 Å². The van der Waals surface area contributed by atoms with Gasteiger partial charge < -0.3 is 0 Å². The fraction of sp³-hybridized carbons (Fsp3) is 1.00. The number of halogens is 2. The van der Waals surface area contributed by atoms with Gasteiger partial charge in [0.1, 0.15) is 0 Å². The standard InChI is InChI=1S/C5H12Cl2NPS/c1-3-5-8(4-2)9(6,7)10/h3-5H2,1-2H3. The second kappa shape index (κ2) is 4.95. The first-order valence-corrected chi connectivity index (χ1v) is 7.83. The molecule has 0 rings (SSSR count). The van der Waals surface area contributed by atoms with Gasteiger partial charge in [0.25, 0.3) is 0 Å². The molecule has 1 nitrogen and oxygen atoms in total. The molecule has 0 spiro atoms. The van der Waals surface area contributed by atoms with E-state index >= 15 is 0 Å². The van der Waals surface area contributed by atoms with Crippen molar-refractivity contribution in [2.24, 2.45) is 0 Å². The molecule has 0 aromatic heterocycles. The maximum atomic E-state index is 5.80. The van der Waals surface area contributed by atoms with E-state index in [-0.39, 0.29) is 0 Å². The normalized spacial score (nSPS) is 12.5. The van der Waals surface area contributed by atoms with E-state index in [9.17, 15) is 0 Å². The number of nitrogens with zero attached hydrogens (tertiary/aromatic N) is 1. The lowest BCUT2D eigenvalue weighted by atomic mass is 10.5. The summed E-state index contributed by atoms with van der Waals surface area (Å²) in [6.45, 7) is 5.85. The second-order valence-corrected chi connectivity index (χ2v) is 9.66. The summed E-state index contributed by atoms with van der Waals surface area (Å²) in [4.78, 5) is -2.18. The molecule has 62 valence electrons. The molecule has 0 unspecified atom stereocenters. The lowest BCUT2D eigenvalue weighted by molar-refractivity contribution is 0.487. The second-order valence-electron chi connectivity index (χ2n) is 1.98. The van der Waals surface area contributed by atoms with E-state index in [0.29, 0.717) is 0 Å². The summed E-state index contributed by atoms with van der Waals surface area (Å²) in [5.74, 6) is 0. The molecule has 0 aromatic rings. The van der Waals surface area contributed by atoms with E-state index in [1.807, 2.05) is 11.6 Å². The molecule has 0 aliphatic heterocycles. The molecule has 0 saturated carbocycles. The van der Waals surface area contributed by atoms with E-state index in [2.05, 4.69) is 6.92 Å². The van der Waals surface area contributed by atoms with Crippen molar-refractivity contribution in [2.75, 3.05) is 13.1 Å². The van der Waals surface area contributed by atoms with Crippen LogP contribution in [0.2, 0.25) is 0 Å². The van der Waals surface area contributed by atoms with Crippen LogP contribution in [0.4, 0.5) is 0 Å². The summed E-state index contributed by atoms with van der Waals surface area (Å²) in [6.07, 6.45) is 1.05. The predicted octanol–water partition coefficient (Wildman–Crippen LogP) is 3.42. The summed E-state index contributed by atoms with van der Waals surface area (Å²) in [5, 5.41) is 0. The third-order valence-electron chi connectivity index (χ3n) is 1.18. The Kier molecular flexibility index (Phi) is 5.54. The summed E-state index contributed by atoms with van der Waals surface area (Å²) in [6, 6.07) is 0. The maximum absolute atomic E-state index is 5.80. The molecule has 10 heavy (non-hydrogen) atoms. The molecule has 5 heteroatoms. The van der Waals surface area contributed by atoms with Gasteiger partial charge in [0, 0.05) is 13.1 Å². The third-order valence-corrected chi connectivity index (χ3v) is 4.29. The molecule has 0 aliphatic carbocycles. The van der Waals surface area contributed by atoms with E-state index < -0.39 is 4.89 Å². The predicted molar refractivity (Wildman–Crippen MR) is 53.5 cm³/mol. The van der Waals surface area contributed by atoms with Crippen molar-refractivity contribution in [3.8, 4) is 0 Å². The van der Waals surface area contributed by atoms with Crippen LogP contribution >= 0.6 is 27.4 Å². The van der Waals surface area contributed by atoms with Gasteiger partial charge in [0.05, 0.1) is 0 Å². The van der Waals surface area contributed by atoms with Crippen molar-refractivity contribution in [3.63, 3.8) is 0 Å². The molecule has 0 fully saturated rings. The van der Waals surface area contributed by atoms with Gasteiger partial charge in [-0.3, -0.25) is 4.67 Å². The average molecular weight is 220 g/mol. The van der Waals surface area contributed by atoms with E-state index in [1.54, 1.807) is 0 Å². The Balaban J connectivity index is 3.94. The van der Waals surface area contributed by atoms with Crippen LogP contribution in [0.15, 0.2) is 0 Å². The average Bonchev–Trinajstić information content (AvgIpc) is 1.80. The lowest BCUT2D eigenvalue weighted by Crippen LogP contribution is -2.16. The first-order valence-electron chi connectivity index (χ1n) is 3.27. The summed E-state index contributed by atoms with van der Waals surface area (Å²) in [7, 11) is 0.